The van der Waals surface area contributed by atoms with Crippen molar-refractivity contribution in [2.75, 3.05) is 0 Å². The molecule has 2 nitrogen and oxygen atoms in total. The first kappa shape index (κ1) is 17.1. The van der Waals surface area contributed by atoms with Gasteiger partial charge in [0, 0.05) is 29.2 Å². The van der Waals surface area contributed by atoms with Crippen molar-refractivity contribution in [3.05, 3.63) is 23.9 Å². The van der Waals surface area contributed by atoms with Crippen molar-refractivity contribution in [1.82, 2.24) is 10.6 Å². The molecule has 3 aliphatic rings. The summed E-state index contributed by atoms with van der Waals surface area (Å²) in [5.41, 5.74) is 1.64. The molecular formula is C21H36N2. The molecule has 0 aromatic heterocycles. The van der Waals surface area contributed by atoms with Crippen molar-refractivity contribution < 1.29 is 0 Å². The summed E-state index contributed by atoms with van der Waals surface area (Å²) < 4.78 is 0. The van der Waals surface area contributed by atoms with E-state index >= 15 is 0 Å². The van der Waals surface area contributed by atoms with E-state index in [4.69, 9.17) is 0 Å². The van der Waals surface area contributed by atoms with Crippen LogP contribution in [0.1, 0.15) is 84.5 Å². The molecule has 0 aromatic carbocycles. The molecule has 2 fully saturated rings. The Morgan fingerprint density at radius 1 is 1.04 bits per heavy atom. The van der Waals surface area contributed by atoms with Crippen molar-refractivity contribution in [3.63, 3.8) is 0 Å². The van der Waals surface area contributed by atoms with E-state index in [1.54, 1.807) is 0 Å². The van der Waals surface area contributed by atoms with Gasteiger partial charge in [0.05, 0.1) is 0 Å². The first-order chi connectivity index (χ1) is 11.2. The highest BCUT2D eigenvalue weighted by atomic mass is 15.0. The molecule has 2 heteroatoms. The second-order valence-corrected chi connectivity index (χ2v) is 8.32. The largest absolute Gasteiger partial charge is 0.383 e. The number of hydrogen-bond acceptors (Lipinski definition) is 2. The van der Waals surface area contributed by atoms with Crippen LogP contribution in [-0.4, -0.2) is 18.1 Å². The van der Waals surface area contributed by atoms with Gasteiger partial charge in [-0.1, -0.05) is 58.4 Å². The molecule has 0 aromatic rings. The van der Waals surface area contributed by atoms with Crippen LogP contribution in [0.15, 0.2) is 23.9 Å². The third-order valence-electron chi connectivity index (χ3n) is 6.27. The molecule has 0 bridgehead atoms. The summed E-state index contributed by atoms with van der Waals surface area (Å²) in [5.74, 6) is 0. The Balaban J connectivity index is 1.68. The number of nitrogens with one attached hydrogen (secondary N) is 2. The van der Waals surface area contributed by atoms with Crippen molar-refractivity contribution in [2.24, 2.45) is 5.41 Å². The zero-order valence-electron chi connectivity index (χ0n) is 15.2. The molecule has 2 unspecified atom stereocenters. The summed E-state index contributed by atoms with van der Waals surface area (Å²) >= 11 is 0. The monoisotopic (exact) mass is 316 g/mol. The van der Waals surface area contributed by atoms with E-state index in [0.29, 0.717) is 12.1 Å². The SMILES string of the molecule is CCCCC1(C)C=CC(NC2CCCC2)=CC1NC1CCCC1. The van der Waals surface area contributed by atoms with Crippen LogP contribution in [0.3, 0.4) is 0 Å². The van der Waals surface area contributed by atoms with E-state index in [-0.39, 0.29) is 5.41 Å². The highest BCUT2D eigenvalue weighted by molar-refractivity contribution is 5.30. The molecule has 0 heterocycles. The van der Waals surface area contributed by atoms with Crippen LogP contribution < -0.4 is 10.6 Å². The lowest BCUT2D eigenvalue weighted by Crippen LogP contribution is -2.47. The molecule has 23 heavy (non-hydrogen) atoms. The minimum Gasteiger partial charge on any atom is -0.383 e. The maximum Gasteiger partial charge on any atom is 0.0364 e. The average molecular weight is 317 g/mol. The van der Waals surface area contributed by atoms with Crippen LogP contribution in [0, 0.1) is 5.41 Å². The molecule has 0 saturated heterocycles. The number of allylic oxidation sites excluding steroid dienone is 1. The Labute approximate surface area is 143 Å². The summed E-state index contributed by atoms with van der Waals surface area (Å²) in [6.07, 6.45) is 22.3. The van der Waals surface area contributed by atoms with Gasteiger partial charge in [-0.2, -0.15) is 0 Å². The Morgan fingerprint density at radius 3 is 2.35 bits per heavy atom. The van der Waals surface area contributed by atoms with Crippen molar-refractivity contribution in [3.8, 4) is 0 Å². The van der Waals surface area contributed by atoms with Gasteiger partial charge in [-0.05, 0) is 44.3 Å². The third kappa shape index (κ3) is 4.41. The van der Waals surface area contributed by atoms with Gasteiger partial charge in [0.2, 0.25) is 0 Å². The average Bonchev–Trinajstić information content (AvgIpc) is 3.23. The van der Waals surface area contributed by atoms with Gasteiger partial charge in [-0.25, -0.2) is 0 Å². The molecule has 2 atom stereocenters. The minimum absolute atomic E-state index is 0.277. The summed E-state index contributed by atoms with van der Waals surface area (Å²) in [4.78, 5) is 0. The second kappa shape index (κ2) is 7.88. The molecule has 3 rings (SSSR count). The lowest BCUT2D eigenvalue weighted by atomic mass is 9.74. The molecule has 0 radical (unpaired) electrons. The van der Waals surface area contributed by atoms with Gasteiger partial charge < -0.3 is 10.6 Å². The fourth-order valence-electron chi connectivity index (χ4n) is 4.59. The molecule has 0 amide bonds. The van der Waals surface area contributed by atoms with E-state index in [1.807, 2.05) is 0 Å². The third-order valence-corrected chi connectivity index (χ3v) is 6.27. The molecule has 2 saturated carbocycles. The van der Waals surface area contributed by atoms with Gasteiger partial charge in [0.1, 0.15) is 0 Å². The van der Waals surface area contributed by atoms with Crippen LogP contribution in [0.4, 0.5) is 0 Å². The van der Waals surface area contributed by atoms with Gasteiger partial charge in [0.15, 0.2) is 0 Å². The Bertz CT molecular complexity index is 427. The molecule has 3 aliphatic carbocycles. The van der Waals surface area contributed by atoms with E-state index < -0.39 is 0 Å². The number of unbranched alkanes of at least 4 members (excludes halogenated alkanes) is 1. The molecular weight excluding hydrogens is 280 g/mol. The minimum atomic E-state index is 0.277. The van der Waals surface area contributed by atoms with Crippen LogP contribution in [0.25, 0.3) is 0 Å². The summed E-state index contributed by atoms with van der Waals surface area (Å²) in [6, 6.07) is 1.93. The molecule has 130 valence electrons. The standard InChI is InChI=1S/C21H36N2/c1-3-4-14-21(2)15-13-19(22-17-9-5-6-10-17)16-20(21)23-18-11-7-8-12-18/h13,15-18,20,22-23H,3-12,14H2,1-2H3. The van der Waals surface area contributed by atoms with Crippen LogP contribution >= 0.6 is 0 Å². The smallest absolute Gasteiger partial charge is 0.0364 e. The topological polar surface area (TPSA) is 24.1 Å². The van der Waals surface area contributed by atoms with Gasteiger partial charge in [-0.15, -0.1) is 0 Å². The number of hydrogen-bond donors (Lipinski definition) is 2. The normalized spacial score (nSPS) is 32.4. The zero-order valence-corrected chi connectivity index (χ0v) is 15.2. The predicted octanol–water partition coefficient (Wildman–Crippen LogP) is 5.07. The van der Waals surface area contributed by atoms with Crippen molar-refractivity contribution in [1.29, 1.82) is 0 Å². The second-order valence-electron chi connectivity index (χ2n) is 8.32. The van der Waals surface area contributed by atoms with E-state index in [9.17, 15) is 0 Å². The molecule has 0 spiro atoms. The molecule has 0 aliphatic heterocycles. The predicted molar refractivity (Wildman–Crippen MR) is 99.4 cm³/mol. The highest BCUT2D eigenvalue weighted by Crippen LogP contribution is 2.36. The lowest BCUT2D eigenvalue weighted by molar-refractivity contribution is 0.269. The Kier molecular flexibility index (Phi) is 5.85. The highest BCUT2D eigenvalue weighted by Gasteiger charge is 2.34. The van der Waals surface area contributed by atoms with E-state index in [0.717, 1.165) is 6.04 Å². The number of rotatable bonds is 7. The van der Waals surface area contributed by atoms with Crippen LogP contribution in [0.5, 0.6) is 0 Å². The van der Waals surface area contributed by atoms with Gasteiger partial charge >= 0.3 is 0 Å². The summed E-state index contributed by atoms with van der Waals surface area (Å²) in [5, 5.41) is 7.81. The summed E-state index contributed by atoms with van der Waals surface area (Å²) in [7, 11) is 0. The first-order valence-electron chi connectivity index (χ1n) is 10.1. The maximum absolute atomic E-state index is 4.00. The molecule has 2 N–H and O–H groups in total. The quantitative estimate of drug-likeness (QED) is 0.685. The fraction of sp³-hybridized carbons (Fsp3) is 0.810. The van der Waals surface area contributed by atoms with Crippen LogP contribution in [-0.2, 0) is 0 Å². The first-order valence-corrected chi connectivity index (χ1v) is 10.1. The van der Waals surface area contributed by atoms with Crippen molar-refractivity contribution in [2.45, 2.75) is 103 Å². The zero-order chi connectivity index (χ0) is 16.1. The van der Waals surface area contributed by atoms with E-state index in [2.05, 4.69) is 42.7 Å². The summed E-state index contributed by atoms with van der Waals surface area (Å²) in [6.45, 7) is 4.76. The fourth-order valence-corrected chi connectivity index (χ4v) is 4.59. The van der Waals surface area contributed by atoms with E-state index in [1.165, 1.54) is 76.3 Å². The van der Waals surface area contributed by atoms with Crippen LogP contribution in [0.2, 0.25) is 0 Å². The maximum atomic E-state index is 4.00. The van der Waals surface area contributed by atoms with Crippen molar-refractivity contribution >= 4 is 0 Å². The van der Waals surface area contributed by atoms with Gasteiger partial charge in [-0.3, -0.25) is 0 Å². The Hall–Kier alpha value is -0.760. The lowest BCUT2D eigenvalue weighted by Gasteiger charge is -2.39. The Morgan fingerprint density at radius 2 is 1.70 bits per heavy atom. The van der Waals surface area contributed by atoms with Gasteiger partial charge in [0.25, 0.3) is 0 Å².